The number of benzene rings is 2. The smallest absolute Gasteiger partial charge is 0.248 e. The Kier molecular flexibility index (Phi) is 4.86. The molecule has 2 rings (SSSR count). The average molecular weight is 272 g/mol. The van der Waals surface area contributed by atoms with Crippen molar-refractivity contribution in [3.05, 3.63) is 60.2 Å². The zero-order valence-corrected chi connectivity index (χ0v) is 11.3. The molecule has 2 aromatic carbocycles. The van der Waals surface area contributed by atoms with E-state index in [4.69, 9.17) is 5.73 Å². The molecule has 0 fully saturated rings. The van der Waals surface area contributed by atoms with Crippen LogP contribution in [0, 0.1) is 0 Å². The van der Waals surface area contributed by atoms with Gasteiger partial charge in [0.1, 0.15) is 0 Å². The van der Waals surface area contributed by atoms with Crippen LogP contribution in [0.3, 0.4) is 0 Å². The molecule has 0 radical (unpaired) electrons. The van der Waals surface area contributed by atoms with E-state index < -0.39 is 5.91 Å². The number of nitrogens with two attached hydrogens (primary N) is 1. The van der Waals surface area contributed by atoms with E-state index >= 15 is 0 Å². The van der Waals surface area contributed by atoms with Crippen molar-refractivity contribution in [2.75, 3.05) is 17.6 Å². The molecule has 4 heteroatoms. The summed E-state index contributed by atoms with van der Waals surface area (Å²) in [6.07, 6.45) is 0. The van der Waals surface area contributed by atoms with Crippen LogP contribution in [-0.4, -0.2) is 18.2 Å². The molecule has 3 N–H and O–H groups in total. The number of rotatable bonds is 6. The van der Waals surface area contributed by atoms with Crippen molar-refractivity contribution < 1.29 is 4.79 Å². The van der Waals surface area contributed by atoms with Crippen LogP contribution in [0.1, 0.15) is 10.4 Å². The highest BCUT2D eigenvalue weighted by molar-refractivity contribution is 7.99. The molecule has 3 nitrogen and oxygen atoms in total. The number of amides is 1. The van der Waals surface area contributed by atoms with Crippen molar-refractivity contribution in [2.24, 2.45) is 5.73 Å². The molecular formula is C15H16N2OS. The first-order valence-corrected chi connectivity index (χ1v) is 7.06. The van der Waals surface area contributed by atoms with E-state index in [1.165, 1.54) is 4.90 Å². The van der Waals surface area contributed by atoms with Gasteiger partial charge in [-0.3, -0.25) is 4.79 Å². The highest BCUT2D eigenvalue weighted by atomic mass is 32.2. The lowest BCUT2D eigenvalue weighted by atomic mass is 10.2. The summed E-state index contributed by atoms with van der Waals surface area (Å²) in [6.45, 7) is 0.871. The third-order valence-electron chi connectivity index (χ3n) is 2.61. The van der Waals surface area contributed by atoms with Crippen molar-refractivity contribution >= 4 is 23.4 Å². The van der Waals surface area contributed by atoms with Gasteiger partial charge >= 0.3 is 0 Å². The Bertz CT molecular complexity index is 526. The van der Waals surface area contributed by atoms with Crippen molar-refractivity contribution in [3.63, 3.8) is 0 Å². The molecular weight excluding hydrogens is 256 g/mol. The predicted octanol–water partition coefficient (Wildman–Crippen LogP) is 2.99. The maximum atomic E-state index is 10.9. The van der Waals surface area contributed by atoms with Crippen molar-refractivity contribution in [3.8, 4) is 0 Å². The van der Waals surface area contributed by atoms with Crippen molar-refractivity contribution in [1.82, 2.24) is 0 Å². The summed E-state index contributed by atoms with van der Waals surface area (Å²) in [4.78, 5) is 12.2. The first kappa shape index (κ1) is 13.5. The van der Waals surface area contributed by atoms with Gasteiger partial charge < -0.3 is 11.1 Å². The number of nitrogens with one attached hydrogen (secondary N) is 1. The fourth-order valence-corrected chi connectivity index (χ4v) is 2.42. The zero-order valence-electron chi connectivity index (χ0n) is 10.5. The second-order valence-corrected chi connectivity index (χ2v) is 5.20. The molecule has 98 valence electrons. The lowest BCUT2D eigenvalue weighted by Crippen LogP contribution is -2.11. The number of carbonyl (C=O) groups excluding carboxylic acids is 1. The SMILES string of the molecule is NC(=O)c1ccc(NCCSc2ccccc2)cc1. The molecule has 0 aliphatic rings. The van der Waals surface area contributed by atoms with Crippen LogP contribution < -0.4 is 11.1 Å². The predicted molar refractivity (Wildman–Crippen MR) is 80.6 cm³/mol. The van der Waals surface area contributed by atoms with E-state index in [1.807, 2.05) is 42.1 Å². The lowest BCUT2D eigenvalue weighted by molar-refractivity contribution is 0.100. The van der Waals surface area contributed by atoms with E-state index in [9.17, 15) is 4.79 Å². The molecule has 19 heavy (non-hydrogen) atoms. The van der Waals surface area contributed by atoms with Gasteiger partial charge in [0.05, 0.1) is 0 Å². The number of hydrogen-bond acceptors (Lipinski definition) is 3. The Hall–Kier alpha value is -1.94. The van der Waals surface area contributed by atoms with E-state index in [0.29, 0.717) is 5.56 Å². The van der Waals surface area contributed by atoms with Crippen molar-refractivity contribution in [1.29, 1.82) is 0 Å². The van der Waals surface area contributed by atoms with Crippen molar-refractivity contribution in [2.45, 2.75) is 4.90 Å². The van der Waals surface area contributed by atoms with Gasteiger partial charge in [0.2, 0.25) is 5.91 Å². The van der Waals surface area contributed by atoms with E-state index in [-0.39, 0.29) is 0 Å². The lowest BCUT2D eigenvalue weighted by Gasteiger charge is -2.06. The van der Waals surface area contributed by atoms with Crippen LogP contribution >= 0.6 is 11.8 Å². The Morgan fingerprint density at radius 1 is 1.05 bits per heavy atom. The largest absolute Gasteiger partial charge is 0.384 e. The number of primary amides is 1. The van der Waals surface area contributed by atoms with Crippen LogP contribution in [0.25, 0.3) is 0 Å². The van der Waals surface area contributed by atoms with Gasteiger partial charge in [-0.15, -0.1) is 11.8 Å². The fourth-order valence-electron chi connectivity index (χ4n) is 1.63. The Labute approximate surface area is 117 Å². The first-order chi connectivity index (χ1) is 9.25. The molecule has 0 saturated heterocycles. The summed E-state index contributed by atoms with van der Waals surface area (Å²) < 4.78 is 0. The second-order valence-electron chi connectivity index (χ2n) is 4.03. The van der Waals surface area contributed by atoms with Gasteiger partial charge in [0.25, 0.3) is 0 Å². The third-order valence-corrected chi connectivity index (χ3v) is 3.63. The molecule has 0 saturated carbocycles. The third kappa shape index (κ3) is 4.34. The normalized spacial score (nSPS) is 10.1. The molecule has 0 heterocycles. The fraction of sp³-hybridized carbons (Fsp3) is 0.133. The standard InChI is InChI=1S/C15H16N2OS/c16-15(18)12-6-8-13(9-7-12)17-10-11-19-14-4-2-1-3-5-14/h1-9,17H,10-11H2,(H2,16,18). The maximum absolute atomic E-state index is 10.9. The minimum Gasteiger partial charge on any atom is -0.384 e. The molecule has 0 atom stereocenters. The van der Waals surface area contributed by atoms with Crippen LogP contribution in [0.15, 0.2) is 59.5 Å². The number of thioether (sulfide) groups is 1. The summed E-state index contributed by atoms with van der Waals surface area (Å²) in [5.41, 5.74) is 6.72. The maximum Gasteiger partial charge on any atom is 0.248 e. The van der Waals surface area contributed by atoms with Gasteiger partial charge in [0, 0.05) is 28.4 Å². The monoisotopic (exact) mass is 272 g/mol. The Morgan fingerprint density at radius 2 is 1.74 bits per heavy atom. The number of carbonyl (C=O) groups is 1. The molecule has 0 bridgehead atoms. The van der Waals surface area contributed by atoms with E-state index in [1.54, 1.807) is 12.1 Å². The first-order valence-electron chi connectivity index (χ1n) is 6.07. The minimum absolute atomic E-state index is 0.397. The van der Waals surface area contributed by atoms with Crippen LogP contribution in [0.2, 0.25) is 0 Å². The molecule has 1 amide bonds. The molecule has 0 aliphatic carbocycles. The molecule has 2 aromatic rings. The molecule has 0 spiro atoms. The number of anilines is 1. The Morgan fingerprint density at radius 3 is 2.37 bits per heavy atom. The van der Waals surface area contributed by atoms with E-state index in [2.05, 4.69) is 17.4 Å². The van der Waals surface area contributed by atoms with E-state index in [0.717, 1.165) is 18.0 Å². The topological polar surface area (TPSA) is 55.1 Å². The summed E-state index contributed by atoms with van der Waals surface area (Å²) in [7, 11) is 0. The Balaban J connectivity index is 1.75. The van der Waals surface area contributed by atoms with Gasteiger partial charge in [-0.1, -0.05) is 18.2 Å². The number of hydrogen-bond donors (Lipinski definition) is 2. The summed E-state index contributed by atoms with van der Waals surface area (Å²) in [6, 6.07) is 17.5. The van der Waals surface area contributed by atoms with Crippen LogP contribution in [0.4, 0.5) is 5.69 Å². The molecule has 0 aliphatic heterocycles. The molecule has 0 aromatic heterocycles. The quantitative estimate of drug-likeness (QED) is 0.628. The highest BCUT2D eigenvalue weighted by Gasteiger charge is 1.99. The van der Waals surface area contributed by atoms with Crippen LogP contribution in [0.5, 0.6) is 0 Å². The zero-order chi connectivity index (χ0) is 13.5. The van der Waals surface area contributed by atoms with Gasteiger partial charge in [-0.05, 0) is 36.4 Å². The van der Waals surface area contributed by atoms with Crippen LogP contribution in [-0.2, 0) is 0 Å². The summed E-state index contributed by atoms with van der Waals surface area (Å²) >= 11 is 1.81. The second kappa shape index (κ2) is 6.85. The van der Waals surface area contributed by atoms with Gasteiger partial charge in [0.15, 0.2) is 0 Å². The summed E-state index contributed by atoms with van der Waals surface area (Å²) in [5, 5.41) is 3.31. The minimum atomic E-state index is -0.397. The van der Waals surface area contributed by atoms with Gasteiger partial charge in [-0.2, -0.15) is 0 Å². The molecule has 0 unspecified atom stereocenters. The van der Waals surface area contributed by atoms with Gasteiger partial charge in [-0.25, -0.2) is 0 Å². The average Bonchev–Trinajstić information content (AvgIpc) is 2.45. The summed E-state index contributed by atoms with van der Waals surface area (Å²) in [5.74, 6) is 0.591. The highest BCUT2D eigenvalue weighted by Crippen LogP contribution is 2.16.